The fourth-order valence-corrected chi connectivity index (χ4v) is 1.69. The normalized spacial score (nSPS) is 10.9. The summed E-state index contributed by atoms with van der Waals surface area (Å²) >= 11 is 0. The zero-order valence-corrected chi connectivity index (χ0v) is 9.73. The Kier molecular flexibility index (Phi) is 3.14. The van der Waals surface area contributed by atoms with Gasteiger partial charge in [-0.2, -0.15) is 0 Å². The van der Waals surface area contributed by atoms with Crippen LogP contribution in [0.15, 0.2) is 30.3 Å². The number of aliphatic carboxylic acids is 1. The van der Waals surface area contributed by atoms with Gasteiger partial charge in [-0.3, -0.25) is 4.79 Å². The molecule has 1 aromatic heterocycles. The quantitative estimate of drug-likeness (QED) is 0.724. The van der Waals surface area contributed by atoms with Crippen molar-refractivity contribution in [3.05, 3.63) is 36.0 Å². The number of rotatable bonds is 3. The van der Waals surface area contributed by atoms with Crippen molar-refractivity contribution in [2.24, 2.45) is 0 Å². The van der Waals surface area contributed by atoms with Crippen LogP contribution in [0.5, 0.6) is 0 Å². The Labute approximate surface area is 103 Å². The Morgan fingerprint density at radius 3 is 2.78 bits per heavy atom. The number of aromatic nitrogens is 1. The second-order valence-electron chi connectivity index (χ2n) is 3.88. The Bertz CT molecular complexity index is 641. The number of H-pyrrole nitrogens is 1. The Hall–Kier alpha value is -2.56. The van der Waals surface area contributed by atoms with Gasteiger partial charge in [-0.15, -0.1) is 0 Å². The van der Waals surface area contributed by atoms with Crippen LogP contribution in [0.25, 0.3) is 17.0 Å². The van der Waals surface area contributed by atoms with Crippen molar-refractivity contribution in [2.75, 3.05) is 5.32 Å². The molecule has 0 saturated carbocycles. The van der Waals surface area contributed by atoms with E-state index in [0.29, 0.717) is 11.4 Å². The van der Waals surface area contributed by atoms with Crippen molar-refractivity contribution in [3.63, 3.8) is 0 Å². The van der Waals surface area contributed by atoms with Crippen LogP contribution < -0.4 is 5.32 Å². The van der Waals surface area contributed by atoms with Crippen LogP contribution in [-0.4, -0.2) is 22.0 Å². The number of hydrogen-bond acceptors (Lipinski definition) is 2. The number of carboxylic acid groups (broad SMARTS) is 1. The topological polar surface area (TPSA) is 82.2 Å². The highest BCUT2D eigenvalue weighted by atomic mass is 16.4. The van der Waals surface area contributed by atoms with Crippen molar-refractivity contribution in [2.45, 2.75) is 6.92 Å². The predicted octanol–water partition coefficient (Wildman–Crippen LogP) is 2.22. The molecule has 5 nitrogen and oxygen atoms in total. The molecule has 0 saturated heterocycles. The minimum absolute atomic E-state index is 0.129. The van der Waals surface area contributed by atoms with E-state index in [1.54, 1.807) is 6.07 Å². The van der Waals surface area contributed by atoms with E-state index in [2.05, 4.69) is 10.3 Å². The molecule has 0 aliphatic heterocycles. The first-order valence-corrected chi connectivity index (χ1v) is 5.36. The largest absolute Gasteiger partial charge is 0.478 e. The molecule has 1 amide bonds. The Morgan fingerprint density at radius 1 is 1.33 bits per heavy atom. The molecule has 0 aliphatic carbocycles. The van der Waals surface area contributed by atoms with E-state index in [9.17, 15) is 9.59 Å². The zero-order valence-electron chi connectivity index (χ0n) is 9.73. The third-order valence-electron chi connectivity index (χ3n) is 2.37. The summed E-state index contributed by atoms with van der Waals surface area (Å²) in [4.78, 5) is 24.4. The van der Waals surface area contributed by atoms with Gasteiger partial charge in [0.1, 0.15) is 0 Å². The maximum Gasteiger partial charge on any atom is 0.328 e. The lowest BCUT2D eigenvalue weighted by atomic mass is 10.2. The maximum atomic E-state index is 10.9. The zero-order chi connectivity index (χ0) is 13.1. The van der Waals surface area contributed by atoms with Crippen LogP contribution in [0.1, 0.15) is 12.6 Å². The van der Waals surface area contributed by atoms with Crippen LogP contribution in [0.2, 0.25) is 0 Å². The number of hydrogen-bond donors (Lipinski definition) is 3. The second-order valence-corrected chi connectivity index (χ2v) is 3.88. The number of benzene rings is 1. The third kappa shape index (κ3) is 2.76. The molecule has 5 heteroatoms. The van der Waals surface area contributed by atoms with Gasteiger partial charge in [-0.05, 0) is 30.3 Å². The lowest BCUT2D eigenvalue weighted by Crippen LogP contribution is -2.05. The molecule has 18 heavy (non-hydrogen) atoms. The van der Waals surface area contributed by atoms with Crippen molar-refractivity contribution >= 4 is 34.5 Å². The van der Waals surface area contributed by atoms with Gasteiger partial charge in [0.2, 0.25) is 5.91 Å². The van der Waals surface area contributed by atoms with E-state index in [-0.39, 0.29) is 5.91 Å². The molecular formula is C13H12N2O3. The SMILES string of the molecule is CC(=O)Nc1ccc2[nH]c(C=CC(=O)O)cc2c1. The van der Waals surface area contributed by atoms with Crippen LogP contribution in [-0.2, 0) is 9.59 Å². The molecule has 1 heterocycles. The van der Waals surface area contributed by atoms with E-state index < -0.39 is 5.97 Å². The lowest BCUT2D eigenvalue weighted by molar-refractivity contribution is -0.131. The highest BCUT2D eigenvalue weighted by Crippen LogP contribution is 2.20. The van der Waals surface area contributed by atoms with Crippen molar-refractivity contribution in [1.29, 1.82) is 0 Å². The molecule has 0 bridgehead atoms. The smallest absolute Gasteiger partial charge is 0.328 e. The molecule has 0 atom stereocenters. The molecule has 1 aromatic carbocycles. The minimum atomic E-state index is -0.993. The van der Waals surface area contributed by atoms with Gasteiger partial charge >= 0.3 is 5.97 Å². The van der Waals surface area contributed by atoms with Crippen molar-refractivity contribution in [3.8, 4) is 0 Å². The van der Waals surface area contributed by atoms with Gasteiger partial charge < -0.3 is 15.4 Å². The molecule has 92 valence electrons. The monoisotopic (exact) mass is 244 g/mol. The highest BCUT2D eigenvalue weighted by Gasteiger charge is 2.01. The number of aromatic amines is 1. The van der Waals surface area contributed by atoms with Gasteiger partial charge in [0.05, 0.1) is 0 Å². The van der Waals surface area contributed by atoms with Crippen molar-refractivity contribution < 1.29 is 14.7 Å². The molecule has 2 rings (SSSR count). The summed E-state index contributed by atoms with van der Waals surface area (Å²) in [5.41, 5.74) is 2.30. The number of anilines is 1. The summed E-state index contributed by atoms with van der Waals surface area (Å²) in [6.07, 6.45) is 2.56. The standard InChI is InChI=1S/C13H12N2O3/c1-8(16)14-10-2-4-12-9(6-10)7-11(15-12)3-5-13(17)18/h2-7,15H,1H3,(H,14,16)(H,17,18). The first-order chi connectivity index (χ1) is 8.54. The van der Waals surface area contributed by atoms with Gasteiger partial charge in [-0.25, -0.2) is 4.79 Å². The van der Waals surface area contributed by atoms with E-state index in [4.69, 9.17) is 5.11 Å². The van der Waals surface area contributed by atoms with E-state index in [0.717, 1.165) is 17.0 Å². The second kappa shape index (κ2) is 4.75. The summed E-state index contributed by atoms with van der Waals surface area (Å²) in [6, 6.07) is 7.26. The molecule has 2 aromatic rings. The number of nitrogens with one attached hydrogen (secondary N) is 2. The Morgan fingerprint density at radius 2 is 2.11 bits per heavy atom. The summed E-state index contributed by atoms with van der Waals surface area (Å²) in [6.45, 7) is 1.45. The number of amides is 1. The van der Waals surface area contributed by atoms with Gasteiger partial charge in [0.25, 0.3) is 0 Å². The maximum absolute atomic E-state index is 10.9. The number of fused-ring (bicyclic) bond motifs is 1. The lowest BCUT2D eigenvalue weighted by Gasteiger charge is -2.00. The predicted molar refractivity (Wildman–Crippen MR) is 69.3 cm³/mol. The van der Waals surface area contributed by atoms with E-state index in [1.165, 1.54) is 13.0 Å². The summed E-state index contributed by atoms with van der Waals surface area (Å²) in [7, 11) is 0. The van der Waals surface area contributed by atoms with Crippen LogP contribution >= 0.6 is 0 Å². The van der Waals surface area contributed by atoms with E-state index >= 15 is 0 Å². The fraction of sp³-hybridized carbons (Fsp3) is 0.0769. The Balaban J connectivity index is 2.33. The van der Waals surface area contributed by atoms with Crippen LogP contribution in [0.3, 0.4) is 0 Å². The molecule has 0 aliphatic rings. The van der Waals surface area contributed by atoms with Gasteiger partial charge in [0.15, 0.2) is 0 Å². The summed E-state index contributed by atoms with van der Waals surface area (Å²) in [5, 5.41) is 12.1. The average molecular weight is 244 g/mol. The van der Waals surface area contributed by atoms with E-state index in [1.807, 2.05) is 18.2 Å². The summed E-state index contributed by atoms with van der Waals surface area (Å²) in [5.74, 6) is -1.12. The molecule has 0 radical (unpaired) electrons. The first-order valence-electron chi connectivity index (χ1n) is 5.36. The number of carbonyl (C=O) groups excluding carboxylic acids is 1. The van der Waals surface area contributed by atoms with Gasteiger partial charge in [0, 0.05) is 35.3 Å². The minimum Gasteiger partial charge on any atom is -0.478 e. The van der Waals surface area contributed by atoms with Crippen LogP contribution in [0.4, 0.5) is 5.69 Å². The number of carbonyl (C=O) groups is 2. The molecule has 0 fully saturated rings. The fourth-order valence-electron chi connectivity index (χ4n) is 1.69. The first kappa shape index (κ1) is 11.9. The number of carboxylic acids is 1. The molecule has 3 N–H and O–H groups in total. The van der Waals surface area contributed by atoms with Gasteiger partial charge in [-0.1, -0.05) is 0 Å². The third-order valence-corrected chi connectivity index (χ3v) is 2.37. The molecule has 0 unspecified atom stereocenters. The van der Waals surface area contributed by atoms with Crippen LogP contribution in [0, 0.1) is 0 Å². The highest BCUT2D eigenvalue weighted by molar-refractivity contribution is 5.93. The molecular weight excluding hydrogens is 232 g/mol. The van der Waals surface area contributed by atoms with Crippen molar-refractivity contribution in [1.82, 2.24) is 4.98 Å². The summed E-state index contributed by atoms with van der Waals surface area (Å²) < 4.78 is 0. The molecule has 0 spiro atoms. The average Bonchev–Trinajstić information content (AvgIpc) is 2.67.